The minimum absolute atomic E-state index is 0.691. The number of unbranched alkanes of at least 4 members (excludes halogenated alkanes) is 8. The van der Waals surface area contributed by atoms with Crippen LogP contribution in [0.15, 0.2) is 0 Å². The van der Waals surface area contributed by atoms with E-state index in [9.17, 15) is 0 Å². The Bertz CT molecular complexity index is 458. The van der Waals surface area contributed by atoms with Gasteiger partial charge in [-0.25, -0.2) is 0 Å². The summed E-state index contributed by atoms with van der Waals surface area (Å²) < 4.78 is 0. The molecule has 0 radical (unpaired) electrons. The highest BCUT2D eigenvalue weighted by atomic mass is 15.1. The molecule has 2 unspecified atom stereocenters. The number of rotatable bonds is 19. The molecule has 2 rings (SSSR count). The van der Waals surface area contributed by atoms with Crippen LogP contribution in [0.25, 0.3) is 0 Å². The SMILES string of the molecule is CCCCCCCC(CCCCC)NC1CCC2(CC1)CCN(CC(CC)CCCCC)CC2. The molecule has 1 saturated heterocycles. The quantitative estimate of drug-likeness (QED) is 0.187. The summed E-state index contributed by atoms with van der Waals surface area (Å²) in [6, 6.07) is 1.58. The lowest BCUT2D eigenvalue weighted by Crippen LogP contribution is -2.47. The summed E-state index contributed by atoms with van der Waals surface area (Å²) in [5.41, 5.74) is 0.691. The van der Waals surface area contributed by atoms with Crippen molar-refractivity contribution in [3.63, 3.8) is 0 Å². The van der Waals surface area contributed by atoms with Crippen molar-refractivity contribution in [2.24, 2.45) is 11.3 Å². The molecule has 34 heavy (non-hydrogen) atoms. The van der Waals surface area contributed by atoms with Gasteiger partial charge >= 0.3 is 0 Å². The van der Waals surface area contributed by atoms with E-state index in [0.717, 1.165) is 18.0 Å². The topological polar surface area (TPSA) is 15.3 Å². The molecular formula is C32H64N2. The summed E-state index contributed by atoms with van der Waals surface area (Å²) in [5.74, 6) is 0.937. The van der Waals surface area contributed by atoms with E-state index in [2.05, 4.69) is 37.9 Å². The van der Waals surface area contributed by atoms with Crippen LogP contribution in [0, 0.1) is 11.3 Å². The second kappa shape index (κ2) is 18.2. The summed E-state index contributed by atoms with van der Waals surface area (Å²) in [7, 11) is 0. The maximum Gasteiger partial charge on any atom is 0.00700 e. The van der Waals surface area contributed by atoms with Crippen molar-refractivity contribution in [3.05, 3.63) is 0 Å². The Hall–Kier alpha value is -0.0800. The van der Waals surface area contributed by atoms with Gasteiger partial charge in [0.15, 0.2) is 0 Å². The molecule has 0 aromatic carbocycles. The van der Waals surface area contributed by atoms with Crippen LogP contribution in [-0.4, -0.2) is 36.6 Å². The van der Waals surface area contributed by atoms with Gasteiger partial charge in [-0.05, 0) is 82.2 Å². The molecule has 1 aliphatic heterocycles. The molecule has 0 aromatic heterocycles. The second-order valence-corrected chi connectivity index (χ2v) is 12.4. The molecule has 0 amide bonds. The summed E-state index contributed by atoms with van der Waals surface area (Å²) >= 11 is 0. The molecule has 2 aliphatic rings. The zero-order valence-electron chi connectivity index (χ0n) is 24.1. The zero-order chi connectivity index (χ0) is 24.5. The first-order chi connectivity index (χ1) is 16.6. The van der Waals surface area contributed by atoms with Crippen molar-refractivity contribution in [1.29, 1.82) is 0 Å². The van der Waals surface area contributed by atoms with Crippen LogP contribution in [0.1, 0.15) is 163 Å². The average molecular weight is 477 g/mol. The smallest absolute Gasteiger partial charge is 0.00700 e. The molecular weight excluding hydrogens is 412 g/mol. The third-order valence-corrected chi connectivity index (χ3v) is 9.56. The molecule has 1 saturated carbocycles. The lowest BCUT2D eigenvalue weighted by molar-refractivity contribution is 0.0485. The van der Waals surface area contributed by atoms with Gasteiger partial charge < -0.3 is 10.2 Å². The molecule has 1 spiro atoms. The van der Waals surface area contributed by atoms with E-state index in [4.69, 9.17) is 0 Å². The molecule has 2 atom stereocenters. The van der Waals surface area contributed by atoms with Crippen molar-refractivity contribution in [2.75, 3.05) is 19.6 Å². The number of nitrogens with one attached hydrogen (secondary N) is 1. The van der Waals surface area contributed by atoms with Crippen molar-refractivity contribution < 1.29 is 0 Å². The third-order valence-electron chi connectivity index (χ3n) is 9.56. The molecule has 0 aromatic rings. The van der Waals surface area contributed by atoms with Crippen molar-refractivity contribution in [2.45, 2.75) is 175 Å². The van der Waals surface area contributed by atoms with Gasteiger partial charge in [-0.3, -0.25) is 0 Å². The van der Waals surface area contributed by atoms with E-state index in [1.54, 1.807) is 0 Å². The highest BCUT2D eigenvalue weighted by Gasteiger charge is 2.38. The normalized spacial score (nSPS) is 21.2. The molecule has 0 bridgehead atoms. The van der Waals surface area contributed by atoms with E-state index in [-0.39, 0.29) is 0 Å². The van der Waals surface area contributed by atoms with Gasteiger partial charge in [0.05, 0.1) is 0 Å². The van der Waals surface area contributed by atoms with Gasteiger partial charge in [0, 0.05) is 18.6 Å². The maximum atomic E-state index is 4.18. The molecule has 1 N–H and O–H groups in total. The Morgan fingerprint density at radius 2 is 1.21 bits per heavy atom. The van der Waals surface area contributed by atoms with E-state index in [1.165, 1.54) is 154 Å². The minimum Gasteiger partial charge on any atom is -0.311 e. The van der Waals surface area contributed by atoms with E-state index in [1.807, 2.05) is 0 Å². The minimum atomic E-state index is 0.691. The van der Waals surface area contributed by atoms with Crippen molar-refractivity contribution >= 4 is 0 Å². The van der Waals surface area contributed by atoms with Crippen LogP contribution in [-0.2, 0) is 0 Å². The van der Waals surface area contributed by atoms with Crippen molar-refractivity contribution in [1.82, 2.24) is 10.2 Å². The largest absolute Gasteiger partial charge is 0.311 e. The van der Waals surface area contributed by atoms with E-state index < -0.39 is 0 Å². The van der Waals surface area contributed by atoms with E-state index in [0.29, 0.717) is 5.41 Å². The van der Waals surface area contributed by atoms with Gasteiger partial charge in [0.2, 0.25) is 0 Å². The Kier molecular flexibility index (Phi) is 16.1. The maximum absolute atomic E-state index is 4.18. The van der Waals surface area contributed by atoms with Crippen LogP contribution in [0.5, 0.6) is 0 Å². The Balaban J connectivity index is 1.70. The molecule has 202 valence electrons. The summed E-state index contributed by atoms with van der Waals surface area (Å²) in [6.45, 7) is 13.5. The van der Waals surface area contributed by atoms with Gasteiger partial charge in [0.25, 0.3) is 0 Å². The second-order valence-electron chi connectivity index (χ2n) is 12.4. The van der Waals surface area contributed by atoms with Gasteiger partial charge in [-0.15, -0.1) is 0 Å². The van der Waals surface area contributed by atoms with Crippen molar-refractivity contribution in [3.8, 4) is 0 Å². The summed E-state index contributed by atoms with van der Waals surface area (Å²) in [5, 5.41) is 4.18. The summed E-state index contributed by atoms with van der Waals surface area (Å²) in [4.78, 5) is 2.83. The first-order valence-electron chi connectivity index (χ1n) is 16.1. The van der Waals surface area contributed by atoms with Crippen LogP contribution in [0.3, 0.4) is 0 Å². The predicted molar refractivity (Wildman–Crippen MR) is 153 cm³/mol. The van der Waals surface area contributed by atoms with Crippen LogP contribution < -0.4 is 5.32 Å². The van der Waals surface area contributed by atoms with Crippen LogP contribution in [0.4, 0.5) is 0 Å². The Morgan fingerprint density at radius 3 is 1.79 bits per heavy atom. The molecule has 1 heterocycles. The monoisotopic (exact) mass is 477 g/mol. The number of likely N-dealkylation sites (tertiary alicyclic amines) is 1. The van der Waals surface area contributed by atoms with Gasteiger partial charge in [0.1, 0.15) is 0 Å². The number of piperidine rings is 1. The standard InChI is InChI=1S/C32H64N2/c1-5-9-12-13-16-19-30(18-15-11-7-3)33-31-20-22-32(23-21-31)24-26-34(27-25-32)28-29(8-4)17-14-10-6-2/h29-31,33H,5-28H2,1-4H3. The van der Waals surface area contributed by atoms with E-state index >= 15 is 0 Å². The Morgan fingerprint density at radius 1 is 0.676 bits per heavy atom. The van der Waals surface area contributed by atoms with Gasteiger partial charge in [-0.2, -0.15) is 0 Å². The number of hydrogen-bond acceptors (Lipinski definition) is 2. The first-order valence-corrected chi connectivity index (χ1v) is 16.1. The first kappa shape index (κ1) is 30.1. The number of hydrogen-bond donors (Lipinski definition) is 1. The third kappa shape index (κ3) is 11.8. The zero-order valence-corrected chi connectivity index (χ0v) is 24.1. The fourth-order valence-electron chi connectivity index (χ4n) is 6.86. The fourth-order valence-corrected chi connectivity index (χ4v) is 6.86. The molecule has 2 nitrogen and oxygen atoms in total. The van der Waals surface area contributed by atoms with Gasteiger partial charge in [-0.1, -0.05) is 105 Å². The fraction of sp³-hybridized carbons (Fsp3) is 1.00. The lowest BCUT2D eigenvalue weighted by Gasteiger charge is -2.47. The molecule has 2 heteroatoms. The van der Waals surface area contributed by atoms with Crippen LogP contribution >= 0.6 is 0 Å². The number of nitrogens with zero attached hydrogens (tertiary/aromatic N) is 1. The lowest BCUT2D eigenvalue weighted by atomic mass is 9.66. The summed E-state index contributed by atoms with van der Waals surface area (Å²) in [6.07, 6.45) is 30.0. The Labute approximate surface area is 215 Å². The highest BCUT2D eigenvalue weighted by molar-refractivity contribution is 4.93. The van der Waals surface area contributed by atoms with Crippen LogP contribution in [0.2, 0.25) is 0 Å². The molecule has 1 aliphatic carbocycles. The molecule has 2 fully saturated rings. The highest BCUT2D eigenvalue weighted by Crippen LogP contribution is 2.45. The predicted octanol–water partition coefficient (Wildman–Crippen LogP) is 9.52. The average Bonchev–Trinajstić information content (AvgIpc) is 2.86.